The molecule has 1 aromatic carbocycles. The Morgan fingerprint density at radius 3 is 2.43 bits per heavy atom. The molecule has 0 N–H and O–H groups in total. The van der Waals surface area contributed by atoms with E-state index in [0.29, 0.717) is 22.6 Å². The summed E-state index contributed by atoms with van der Waals surface area (Å²) in [4.78, 5) is 14.9. The zero-order valence-corrected chi connectivity index (χ0v) is 12.6. The highest BCUT2D eigenvalue weighted by molar-refractivity contribution is 5.54. The Hall–Kier alpha value is -1.87. The molecular formula is C16H20FNO3. The second-order valence-electron chi connectivity index (χ2n) is 5.36. The molecule has 0 saturated heterocycles. The lowest BCUT2D eigenvalue weighted by Gasteiger charge is -2.27. The van der Waals surface area contributed by atoms with Crippen LogP contribution in [0.5, 0.6) is 11.5 Å². The molecule has 0 spiro atoms. The van der Waals surface area contributed by atoms with Crippen molar-refractivity contribution in [2.75, 3.05) is 14.2 Å². The number of aliphatic imine (C=N–C) groups is 1. The van der Waals surface area contributed by atoms with E-state index in [-0.39, 0.29) is 0 Å². The van der Waals surface area contributed by atoms with Crippen molar-refractivity contribution >= 4 is 6.08 Å². The molecule has 4 nitrogen and oxygen atoms in total. The van der Waals surface area contributed by atoms with Crippen molar-refractivity contribution < 1.29 is 18.7 Å². The van der Waals surface area contributed by atoms with Crippen molar-refractivity contribution in [2.45, 2.75) is 44.3 Å². The van der Waals surface area contributed by atoms with E-state index in [1.807, 2.05) is 0 Å². The van der Waals surface area contributed by atoms with Gasteiger partial charge in [-0.3, -0.25) is 0 Å². The first-order valence-corrected chi connectivity index (χ1v) is 7.07. The van der Waals surface area contributed by atoms with Gasteiger partial charge in [-0.1, -0.05) is 12.8 Å². The largest absolute Gasteiger partial charge is 0.493 e. The van der Waals surface area contributed by atoms with Crippen LogP contribution in [0.25, 0.3) is 0 Å². The number of isocyanates is 1. The van der Waals surface area contributed by atoms with E-state index in [2.05, 4.69) is 4.99 Å². The van der Waals surface area contributed by atoms with Gasteiger partial charge in [0, 0.05) is 5.56 Å². The minimum Gasteiger partial charge on any atom is -0.493 e. The maximum atomic E-state index is 13.8. The zero-order valence-electron chi connectivity index (χ0n) is 12.6. The van der Waals surface area contributed by atoms with Crippen LogP contribution >= 0.6 is 0 Å². The van der Waals surface area contributed by atoms with Crippen LogP contribution < -0.4 is 9.47 Å². The van der Waals surface area contributed by atoms with Crippen LogP contribution in [0.1, 0.15) is 49.9 Å². The summed E-state index contributed by atoms with van der Waals surface area (Å²) in [6, 6.07) is 3.36. The molecule has 2 rings (SSSR count). The number of alkyl halides is 1. The minimum absolute atomic E-state index is 0.460. The number of benzene rings is 1. The first-order valence-electron chi connectivity index (χ1n) is 7.07. The van der Waals surface area contributed by atoms with Crippen LogP contribution in [-0.4, -0.2) is 20.3 Å². The van der Waals surface area contributed by atoms with Gasteiger partial charge in [0.1, 0.15) is 11.7 Å². The van der Waals surface area contributed by atoms with Crippen molar-refractivity contribution in [1.82, 2.24) is 0 Å². The molecule has 1 aromatic rings. The average Bonchev–Trinajstić information content (AvgIpc) is 2.95. The molecule has 1 aliphatic carbocycles. The van der Waals surface area contributed by atoms with Gasteiger partial charge in [0.15, 0.2) is 11.5 Å². The summed E-state index contributed by atoms with van der Waals surface area (Å²) >= 11 is 0. The molecule has 21 heavy (non-hydrogen) atoms. The smallest absolute Gasteiger partial charge is 0.235 e. The second kappa shape index (κ2) is 6.27. The predicted molar refractivity (Wildman–Crippen MR) is 77.3 cm³/mol. The Kier molecular flexibility index (Phi) is 4.63. The Bertz CT molecular complexity index is 559. The number of ether oxygens (including phenoxy) is 2. The van der Waals surface area contributed by atoms with Gasteiger partial charge in [-0.05, 0) is 37.5 Å². The van der Waals surface area contributed by atoms with Gasteiger partial charge in [-0.25, -0.2) is 9.18 Å². The molecule has 0 heterocycles. The quantitative estimate of drug-likeness (QED) is 0.612. The summed E-state index contributed by atoms with van der Waals surface area (Å²) < 4.78 is 24.5. The highest BCUT2D eigenvalue weighted by atomic mass is 19.1. The summed E-state index contributed by atoms with van der Waals surface area (Å²) in [7, 11) is 3.05. The van der Waals surface area contributed by atoms with Gasteiger partial charge in [-0.15, -0.1) is 0 Å². The third-order valence-electron chi connectivity index (χ3n) is 4.15. The number of nitrogens with zero attached hydrogens (tertiary/aromatic N) is 1. The first kappa shape index (κ1) is 15.5. The Balaban J connectivity index is 2.69. The molecule has 1 saturated carbocycles. The molecule has 0 radical (unpaired) electrons. The summed E-state index contributed by atoms with van der Waals surface area (Å²) in [5.74, 6) is 0.977. The molecule has 1 aliphatic rings. The fourth-order valence-corrected chi connectivity index (χ4v) is 3.05. The number of hydrogen-bond donors (Lipinski definition) is 0. The van der Waals surface area contributed by atoms with Crippen LogP contribution in [-0.2, 0) is 10.3 Å². The number of carbonyl (C=O) groups excluding carboxylic acids is 1. The molecule has 0 aliphatic heterocycles. The molecule has 0 bridgehead atoms. The fourth-order valence-electron chi connectivity index (χ4n) is 3.05. The molecule has 0 amide bonds. The average molecular weight is 293 g/mol. The Morgan fingerprint density at radius 1 is 1.29 bits per heavy atom. The van der Waals surface area contributed by atoms with E-state index in [4.69, 9.17) is 9.47 Å². The molecule has 1 atom stereocenters. The molecular weight excluding hydrogens is 273 g/mol. The van der Waals surface area contributed by atoms with E-state index >= 15 is 0 Å². The van der Waals surface area contributed by atoms with E-state index in [1.54, 1.807) is 18.2 Å². The number of halogens is 1. The van der Waals surface area contributed by atoms with Crippen LogP contribution in [0, 0.1) is 0 Å². The summed E-state index contributed by atoms with van der Waals surface area (Å²) in [5.41, 5.74) is 0.533. The SMILES string of the molecule is COc1cc(C(C)F)cc(C2(N=C=O)CCCC2)c1OC. The summed E-state index contributed by atoms with van der Waals surface area (Å²) in [5, 5.41) is 0. The number of methoxy groups -OCH3 is 2. The Labute approximate surface area is 124 Å². The molecule has 1 unspecified atom stereocenters. The van der Waals surface area contributed by atoms with Gasteiger partial charge in [-0.2, -0.15) is 4.99 Å². The lowest BCUT2D eigenvalue weighted by Crippen LogP contribution is -2.20. The molecule has 114 valence electrons. The lowest BCUT2D eigenvalue weighted by atomic mass is 9.86. The summed E-state index contributed by atoms with van der Waals surface area (Å²) in [6.45, 7) is 1.47. The first-order chi connectivity index (χ1) is 10.1. The molecule has 5 heteroatoms. The van der Waals surface area contributed by atoms with Gasteiger partial charge in [0.05, 0.1) is 14.2 Å². The van der Waals surface area contributed by atoms with Crippen LogP contribution in [0.2, 0.25) is 0 Å². The zero-order chi connectivity index (χ0) is 15.5. The standard InChI is InChI=1S/C16H20FNO3/c1-11(17)12-8-13(15(21-3)14(9-12)20-2)16(18-10-19)6-4-5-7-16/h8-9,11H,4-7H2,1-3H3. The fraction of sp³-hybridized carbons (Fsp3) is 0.562. The van der Waals surface area contributed by atoms with Crippen LogP contribution in [0.15, 0.2) is 17.1 Å². The van der Waals surface area contributed by atoms with Gasteiger partial charge < -0.3 is 9.47 Å². The van der Waals surface area contributed by atoms with E-state index in [1.165, 1.54) is 21.1 Å². The third kappa shape index (κ3) is 2.79. The van der Waals surface area contributed by atoms with E-state index in [9.17, 15) is 9.18 Å². The highest BCUT2D eigenvalue weighted by Crippen LogP contribution is 2.49. The van der Waals surface area contributed by atoms with Crippen molar-refractivity contribution in [1.29, 1.82) is 0 Å². The topological polar surface area (TPSA) is 47.9 Å². The van der Waals surface area contributed by atoms with Crippen LogP contribution in [0.4, 0.5) is 4.39 Å². The predicted octanol–water partition coefficient (Wildman–Crippen LogP) is 3.84. The number of hydrogen-bond acceptors (Lipinski definition) is 4. The van der Waals surface area contributed by atoms with E-state index in [0.717, 1.165) is 25.7 Å². The maximum Gasteiger partial charge on any atom is 0.235 e. The van der Waals surface area contributed by atoms with Crippen molar-refractivity contribution in [3.63, 3.8) is 0 Å². The van der Waals surface area contributed by atoms with Gasteiger partial charge in [0.2, 0.25) is 6.08 Å². The van der Waals surface area contributed by atoms with Crippen LogP contribution in [0.3, 0.4) is 0 Å². The monoisotopic (exact) mass is 293 g/mol. The van der Waals surface area contributed by atoms with Crippen molar-refractivity contribution in [3.05, 3.63) is 23.3 Å². The van der Waals surface area contributed by atoms with Crippen molar-refractivity contribution in [3.8, 4) is 11.5 Å². The lowest BCUT2D eigenvalue weighted by molar-refractivity contribution is 0.331. The normalized spacial score (nSPS) is 17.9. The highest BCUT2D eigenvalue weighted by Gasteiger charge is 2.39. The minimum atomic E-state index is -1.14. The maximum absolute atomic E-state index is 13.8. The third-order valence-corrected chi connectivity index (χ3v) is 4.15. The summed E-state index contributed by atoms with van der Waals surface area (Å²) in [6.07, 6.45) is 3.92. The second-order valence-corrected chi connectivity index (χ2v) is 5.36. The van der Waals surface area contributed by atoms with E-state index < -0.39 is 11.7 Å². The molecule has 1 fully saturated rings. The van der Waals surface area contributed by atoms with Gasteiger partial charge >= 0.3 is 0 Å². The molecule has 0 aromatic heterocycles. The van der Waals surface area contributed by atoms with Gasteiger partial charge in [0.25, 0.3) is 0 Å². The number of rotatable bonds is 5. The van der Waals surface area contributed by atoms with Crippen molar-refractivity contribution in [2.24, 2.45) is 4.99 Å². The Morgan fingerprint density at radius 2 is 1.95 bits per heavy atom.